The molecule has 2 amide bonds. The summed E-state index contributed by atoms with van der Waals surface area (Å²) in [4.78, 5) is 23.4. The molecule has 0 aromatic heterocycles. The van der Waals surface area contributed by atoms with Crippen molar-refractivity contribution in [3.05, 3.63) is 34.3 Å². The highest BCUT2D eigenvalue weighted by atomic mass is 79.9. The van der Waals surface area contributed by atoms with Gasteiger partial charge in [-0.15, -0.1) is 12.4 Å². The molecule has 0 radical (unpaired) electrons. The first-order chi connectivity index (χ1) is 11.0. The van der Waals surface area contributed by atoms with Gasteiger partial charge < -0.3 is 16.4 Å². The van der Waals surface area contributed by atoms with Crippen molar-refractivity contribution in [2.45, 2.75) is 44.1 Å². The summed E-state index contributed by atoms with van der Waals surface area (Å²) < 4.78 is 1.05. The Kier molecular flexibility index (Phi) is 8.73. The number of carbonyl (C=O) groups excluding carboxylic acids is 2. The third-order valence-electron chi connectivity index (χ3n) is 4.30. The normalized spacial score (nSPS) is 15.9. The van der Waals surface area contributed by atoms with Crippen molar-refractivity contribution < 1.29 is 9.59 Å². The number of hydrogen-bond acceptors (Lipinski definition) is 3. The van der Waals surface area contributed by atoms with Gasteiger partial charge in [-0.3, -0.25) is 9.59 Å². The number of carbonyl (C=O) groups is 2. The molecule has 7 heteroatoms. The van der Waals surface area contributed by atoms with Crippen LogP contribution < -0.4 is 16.4 Å². The van der Waals surface area contributed by atoms with E-state index in [1.165, 1.54) is 12.0 Å². The molecule has 0 spiro atoms. The Morgan fingerprint density at radius 2 is 1.71 bits per heavy atom. The Bertz CT molecular complexity index is 545. The molecular formula is C17H25BrClN3O2. The van der Waals surface area contributed by atoms with Crippen LogP contribution in [0.15, 0.2) is 28.7 Å². The number of amides is 2. The molecule has 1 saturated carbocycles. The van der Waals surface area contributed by atoms with Gasteiger partial charge in [0.1, 0.15) is 0 Å². The second kappa shape index (κ2) is 10.0. The molecule has 5 nitrogen and oxygen atoms in total. The maximum absolute atomic E-state index is 12.2. The van der Waals surface area contributed by atoms with Gasteiger partial charge in [0, 0.05) is 10.0 Å². The summed E-state index contributed by atoms with van der Waals surface area (Å²) in [5.74, 6) is -0.462. The molecule has 24 heavy (non-hydrogen) atoms. The van der Waals surface area contributed by atoms with E-state index in [0.717, 1.165) is 36.6 Å². The summed E-state index contributed by atoms with van der Waals surface area (Å²) in [6.45, 7) is -0.116. The molecule has 4 N–H and O–H groups in total. The van der Waals surface area contributed by atoms with Crippen LogP contribution in [0.5, 0.6) is 0 Å². The minimum absolute atomic E-state index is 0. The maximum Gasteiger partial charge on any atom is 0.239 e. The summed E-state index contributed by atoms with van der Waals surface area (Å²) >= 11 is 3.45. The Morgan fingerprint density at radius 1 is 1.08 bits per heavy atom. The number of nitrogens with two attached hydrogens (primary N) is 1. The minimum Gasteiger partial charge on any atom is -0.349 e. The van der Waals surface area contributed by atoms with E-state index in [9.17, 15) is 9.59 Å². The zero-order valence-corrected chi connectivity index (χ0v) is 16.0. The van der Waals surface area contributed by atoms with Crippen LogP contribution in [-0.4, -0.2) is 30.4 Å². The lowest BCUT2D eigenvalue weighted by molar-refractivity contribution is -0.126. The van der Waals surface area contributed by atoms with Gasteiger partial charge in [0.05, 0.1) is 13.1 Å². The van der Waals surface area contributed by atoms with Crippen LogP contribution in [0.1, 0.15) is 37.7 Å². The predicted molar refractivity (Wildman–Crippen MR) is 101 cm³/mol. The van der Waals surface area contributed by atoms with Gasteiger partial charge in [-0.1, -0.05) is 47.3 Å². The third kappa shape index (κ3) is 6.42. The van der Waals surface area contributed by atoms with E-state index in [0.29, 0.717) is 0 Å². The Labute approximate surface area is 157 Å². The maximum atomic E-state index is 12.2. The number of hydrogen-bond donors (Lipinski definition) is 3. The van der Waals surface area contributed by atoms with Crippen molar-refractivity contribution in [1.29, 1.82) is 0 Å². The highest BCUT2D eigenvalue weighted by Gasteiger charge is 2.33. The predicted octanol–water partition coefficient (Wildman–Crippen LogP) is 2.31. The molecule has 0 bridgehead atoms. The number of rotatable bonds is 6. The average molecular weight is 419 g/mol. The van der Waals surface area contributed by atoms with Crippen LogP contribution >= 0.6 is 28.3 Å². The smallest absolute Gasteiger partial charge is 0.239 e. The van der Waals surface area contributed by atoms with E-state index in [-0.39, 0.29) is 42.8 Å². The summed E-state index contributed by atoms with van der Waals surface area (Å²) in [6, 6.07) is 8.22. The largest absolute Gasteiger partial charge is 0.349 e. The highest BCUT2D eigenvalue weighted by molar-refractivity contribution is 9.10. The average Bonchev–Trinajstić information content (AvgIpc) is 2.55. The summed E-state index contributed by atoms with van der Waals surface area (Å²) in [7, 11) is 0. The van der Waals surface area contributed by atoms with Crippen molar-refractivity contribution in [3.63, 3.8) is 0 Å². The fourth-order valence-corrected chi connectivity index (χ4v) is 3.42. The fourth-order valence-electron chi connectivity index (χ4n) is 3.16. The Balaban J connectivity index is 0.00000288. The van der Waals surface area contributed by atoms with Gasteiger partial charge in [-0.05, 0) is 37.0 Å². The molecule has 0 atom stereocenters. The molecule has 1 aliphatic carbocycles. The van der Waals surface area contributed by atoms with E-state index in [1.807, 2.05) is 12.1 Å². The molecule has 0 heterocycles. The highest BCUT2D eigenvalue weighted by Crippen LogP contribution is 2.31. The van der Waals surface area contributed by atoms with Gasteiger partial charge in [0.2, 0.25) is 11.8 Å². The van der Waals surface area contributed by atoms with Gasteiger partial charge in [-0.25, -0.2) is 0 Å². The Hall–Kier alpha value is -1.11. The summed E-state index contributed by atoms with van der Waals surface area (Å²) in [5.41, 5.74) is 6.23. The van der Waals surface area contributed by atoms with Crippen LogP contribution in [0.4, 0.5) is 0 Å². The molecule has 2 rings (SSSR count). The monoisotopic (exact) mass is 417 g/mol. The molecule has 1 aliphatic rings. The second-order valence-corrected chi connectivity index (χ2v) is 7.09. The Morgan fingerprint density at radius 3 is 2.29 bits per heavy atom. The lowest BCUT2D eigenvalue weighted by atomic mass is 9.77. The zero-order valence-electron chi connectivity index (χ0n) is 13.6. The number of benzene rings is 1. The van der Waals surface area contributed by atoms with Crippen molar-refractivity contribution in [3.8, 4) is 0 Å². The molecule has 134 valence electrons. The second-order valence-electron chi connectivity index (χ2n) is 6.17. The first-order valence-electron chi connectivity index (χ1n) is 8.05. The first kappa shape index (κ1) is 20.9. The lowest BCUT2D eigenvalue weighted by Crippen LogP contribution is -2.54. The topological polar surface area (TPSA) is 84.2 Å². The molecule has 1 aromatic carbocycles. The van der Waals surface area contributed by atoms with E-state index in [2.05, 4.69) is 38.7 Å². The van der Waals surface area contributed by atoms with Gasteiger partial charge in [-0.2, -0.15) is 0 Å². The standard InChI is InChI=1S/C17H24BrN3O2.ClH/c18-14-6-4-13(5-7-14)10-17(8-2-1-3-9-17)21-16(23)12-20-15(22)11-19;/h4-7H,1-3,8-12,19H2,(H,20,22)(H,21,23);1H. The quantitative estimate of drug-likeness (QED) is 0.663. The molecule has 1 fully saturated rings. The number of nitrogens with one attached hydrogen (secondary N) is 2. The molecule has 0 unspecified atom stereocenters. The third-order valence-corrected chi connectivity index (χ3v) is 4.83. The van der Waals surface area contributed by atoms with Crippen LogP contribution in [0, 0.1) is 0 Å². The fraction of sp³-hybridized carbons (Fsp3) is 0.529. The molecule has 1 aromatic rings. The van der Waals surface area contributed by atoms with Crippen LogP contribution in [0.25, 0.3) is 0 Å². The van der Waals surface area contributed by atoms with E-state index < -0.39 is 0 Å². The van der Waals surface area contributed by atoms with Crippen LogP contribution in [0.2, 0.25) is 0 Å². The van der Waals surface area contributed by atoms with Crippen LogP contribution in [0.3, 0.4) is 0 Å². The summed E-state index contributed by atoms with van der Waals surface area (Å²) in [5, 5.41) is 5.70. The first-order valence-corrected chi connectivity index (χ1v) is 8.84. The summed E-state index contributed by atoms with van der Waals surface area (Å²) in [6.07, 6.45) is 6.20. The van der Waals surface area contributed by atoms with Gasteiger partial charge in [0.15, 0.2) is 0 Å². The van der Waals surface area contributed by atoms with Crippen LogP contribution in [-0.2, 0) is 16.0 Å². The minimum atomic E-state index is -0.314. The zero-order chi connectivity index (χ0) is 16.7. The van der Waals surface area contributed by atoms with Crippen molar-refractivity contribution in [2.75, 3.05) is 13.1 Å². The van der Waals surface area contributed by atoms with Crippen molar-refractivity contribution in [2.24, 2.45) is 5.73 Å². The number of halogens is 2. The van der Waals surface area contributed by atoms with Crippen molar-refractivity contribution >= 4 is 40.2 Å². The molecule has 0 saturated heterocycles. The van der Waals surface area contributed by atoms with Gasteiger partial charge >= 0.3 is 0 Å². The lowest BCUT2D eigenvalue weighted by Gasteiger charge is -2.38. The van der Waals surface area contributed by atoms with Gasteiger partial charge in [0.25, 0.3) is 0 Å². The molecule has 0 aliphatic heterocycles. The van der Waals surface area contributed by atoms with E-state index in [1.54, 1.807) is 0 Å². The molecular weight excluding hydrogens is 394 g/mol. The van der Waals surface area contributed by atoms with Crippen molar-refractivity contribution in [1.82, 2.24) is 10.6 Å². The van der Waals surface area contributed by atoms with E-state index >= 15 is 0 Å². The SMILES string of the molecule is Cl.NCC(=O)NCC(=O)NC1(Cc2ccc(Br)cc2)CCCCC1. The van der Waals surface area contributed by atoms with E-state index in [4.69, 9.17) is 5.73 Å².